The fourth-order valence-corrected chi connectivity index (χ4v) is 2.50. The Kier molecular flexibility index (Phi) is 4.83. The highest BCUT2D eigenvalue weighted by Gasteiger charge is 2.35. The quantitative estimate of drug-likeness (QED) is 0.473. The minimum absolute atomic E-state index is 0.260. The van der Waals surface area contributed by atoms with Gasteiger partial charge in [0.1, 0.15) is 5.75 Å². The lowest BCUT2D eigenvalue weighted by molar-refractivity contribution is -0.157. The van der Waals surface area contributed by atoms with Crippen LogP contribution in [0.3, 0.4) is 0 Å². The summed E-state index contributed by atoms with van der Waals surface area (Å²) in [4.78, 5) is 25.9. The third kappa shape index (κ3) is 3.17. The minimum atomic E-state index is -0.850. The second-order valence-corrected chi connectivity index (χ2v) is 4.89. The topological polar surface area (TPSA) is 55.8 Å². The molecule has 0 aromatic heterocycles. The lowest BCUT2D eigenvalue weighted by Crippen LogP contribution is -2.35. The molecule has 5 heteroatoms. The number of benzene rings is 1. The van der Waals surface area contributed by atoms with Crippen molar-refractivity contribution in [2.24, 2.45) is 5.92 Å². The molecule has 114 valence electrons. The number of rotatable bonds is 5. The van der Waals surface area contributed by atoms with Crippen molar-refractivity contribution in [1.29, 1.82) is 0 Å². The van der Waals surface area contributed by atoms with Crippen LogP contribution in [0.2, 0.25) is 0 Å². The number of carbonyl (C=O) groups is 2. The Bertz CT molecular complexity index is 537. The molecule has 0 bridgehead atoms. The molecule has 0 fully saturated rings. The molecule has 1 atom stereocenters. The van der Waals surface area contributed by atoms with Crippen LogP contribution < -0.4 is 9.64 Å². The van der Waals surface area contributed by atoms with Crippen molar-refractivity contribution < 1.29 is 19.1 Å². The van der Waals surface area contributed by atoms with Gasteiger partial charge >= 0.3 is 11.9 Å². The molecule has 1 aromatic carbocycles. The molecule has 1 aromatic rings. The van der Waals surface area contributed by atoms with Crippen molar-refractivity contribution in [3.63, 3.8) is 0 Å². The Labute approximate surface area is 124 Å². The SMILES string of the molecule is CCOC(=O)C1Cc2ccc(N(CC)CC)cc2OC1=O. The van der Waals surface area contributed by atoms with Crippen LogP contribution in [-0.2, 0) is 20.7 Å². The van der Waals surface area contributed by atoms with Gasteiger partial charge in [-0.05, 0) is 32.4 Å². The predicted molar refractivity (Wildman–Crippen MR) is 79.5 cm³/mol. The first kappa shape index (κ1) is 15.4. The first-order chi connectivity index (χ1) is 10.1. The molecular weight excluding hydrogens is 270 g/mol. The monoisotopic (exact) mass is 291 g/mol. The van der Waals surface area contributed by atoms with Gasteiger partial charge in [-0.3, -0.25) is 9.59 Å². The van der Waals surface area contributed by atoms with Crippen LogP contribution in [-0.4, -0.2) is 31.6 Å². The Morgan fingerprint density at radius 1 is 1.33 bits per heavy atom. The van der Waals surface area contributed by atoms with Crippen molar-refractivity contribution in [1.82, 2.24) is 0 Å². The van der Waals surface area contributed by atoms with Gasteiger partial charge in [-0.15, -0.1) is 0 Å². The van der Waals surface area contributed by atoms with Crippen molar-refractivity contribution >= 4 is 17.6 Å². The molecule has 0 saturated heterocycles. The lowest BCUT2D eigenvalue weighted by Gasteiger charge is -2.26. The van der Waals surface area contributed by atoms with Crippen molar-refractivity contribution in [3.05, 3.63) is 23.8 Å². The lowest BCUT2D eigenvalue weighted by atomic mass is 9.95. The first-order valence-corrected chi connectivity index (χ1v) is 7.36. The molecule has 0 N–H and O–H groups in total. The van der Waals surface area contributed by atoms with Crippen molar-refractivity contribution in [3.8, 4) is 5.75 Å². The second-order valence-electron chi connectivity index (χ2n) is 4.89. The fourth-order valence-electron chi connectivity index (χ4n) is 2.50. The highest BCUT2D eigenvalue weighted by atomic mass is 16.6. The molecule has 2 rings (SSSR count). The summed E-state index contributed by atoms with van der Waals surface area (Å²) in [6.07, 6.45) is 0.339. The van der Waals surface area contributed by atoms with Gasteiger partial charge in [0.25, 0.3) is 0 Å². The number of hydrogen-bond acceptors (Lipinski definition) is 5. The van der Waals surface area contributed by atoms with Crippen LogP contribution in [0.1, 0.15) is 26.3 Å². The van der Waals surface area contributed by atoms with Crippen LogP contribution in [0.15, 0.2) is 18.2 Å². The van der Waals surface area contributed by atoms with Gasteiger partial charge in [0, 0.05) is 31.3 Å². The first-order valence-electron chi connectivity index (χ1n) is 7.36. The molecule has 1 unspecified atom stereocenters. The average molecular weight is 291 g/mol. The number of hydrogen-bond donors (Lipinski definition) is 0. The maximum Gasteiger partial charge on any atom is 0.326 e. The minimum Gasteiger partial charge on any atom is -0.465 e. The highest BCUT2D eigenvalue weighted by Crippen LogP contribution is 2.32. The van der Waals surface area contributed by atoms with Crippen molar-refractivity contribution in [2.75, 3.05) is 24.6 Å². The predicted octanol–water partition coefficient (Wildman–Crippen LogP) is 2.17. The molecule has 0 radical (unpaired) electrons. The van der Waals surface area contributed by atoms with E-state index >= 15 is 0 Å². The number of carbonyl (C=O) groups excluding carboxylic acids is 2. The normalized spacial score (nSPS) is 16.9. The van der Waals surface area contributed by atoms with Crippen LogP contribution in [0.25, 0.3) is 0 Å². The summed E-state index contributed by atoms with van der Waals surface area (Å²) in [6, 6.07) is 5.77. The number of ether oxygens (including phenoxy) is 2. The fraction of sp³-hybridized carbons (Fsp3) is 0.500. The van der Waals surface area contributed by atoms with E-state index in [1.165, 1.54) is 0 Å². The molecule has 5 nitrogen and oxygen atoms in total. The van der Waals surface area contributed by atoms with E-state index in [0.717, 1.165) is 24.3 Å². The molecule has 0 spiro atoms. The zero-order valence-electron chi connectivity index (χ0n) is 12.7. The summed E-state index contributed by atoms with van der Waals surface area (Å²) in [6.45, 7) is 7.90. The van der Waals surface area contributed by atoms with E-state index < -0.39 is 17.9 Å². The average Bonchev–Trinajstić information content (AvgIpc) is 2.48. The largest absolute Gasteiger partial charge is 0.465 e. The molecule has 1 aliphatic heterocycles. The van der Waals surface area contributed by atoms with Crippen LogP contribution in [0, 0.1) is 5.92 Å². The van der Waals surface area contributed by atoms with E-state index in [4.69, 9.17) is 9.47 Å². The smallest absolute Gasteiger partial charge is 0.326 e. The van der Waals surface area contributed by atoms with Gasteiger partial charge in [-0.1, -0.05) is 6.07 Å². The second kappa shape index (κ2) is 6.61. The standard InChI is InChI=1S/C16H21NO4/c1-4-17(5-2)12-8-7-11-9-13(15(18)20-6-3)16(19)21-14(11)10-12/h7-8,10,13H,4-6,9H2,1-3H3. The van der Waals surface area contributed by atoms with E-state index in [9.17, 15) is 9.59 Å². The molecule has 0 aliphatic carbocycles. The van der Waals surface area contributed by atoms with E-state index in [-0.39, 0.29) is 6.61 Å². The summed E-state index contributed by atoms with van der Waals surface area (Å²) in [5, 5.41) is 0. The highest BCUT2D eigenvalue weighted by molar-refractivity contribution is 5.97. The number of esters is 2. The Morgan fingerprint density at radius 2 is 2.05 bits per heavy atom. The number of fused-ring (bicyclic) bond motifs is 1. The van der Waals surface area contributed by atoms with Crippen LogP contribution >= 0.6 is 0 Å². The molecule has 0 amide bonds. The molecule has 1 heterocycles. The summed E-state index contributed by atoms with van der Waals surface area (Å²) in [5.74, 6) is -1.35. The van der Waals surface area contributed by atoms with Gasteiger partial charge in [0.15, 0.2) is 5.92 Å². The van der Waals surface area contributed by atoms with Gasteiger partial charge in [-0.25, -0.2) is 0 Å². The Balaban J connectivity index is 2.23. The molecule has 21 heavy (non-hydrogen) atoms. The van der Waals surface area contributed by atoms with E-state index in [0.29, 0.717) is 12.2 Å². The maximum absolute atomic E-state index is 12.0. The summed E-state index contributed by atoms with van der Waals surface area (Å²) >= 11 is 0. The Hall–Kier alpha value is -2.04. The third-order valence-electron chi connectivity index (χ3n) is 3.67. The maximum atomic E-state index is 12.0. The van der Waals surface area contributed by atoms with E-state index in [1.807, 2.05) is 18.2 Å². The number of nitrogens with zero attached hydrogens (tertiary/aromatic N) is 1. The van der Waals surface area contributed by atoms with Crippen LogP contribution in [0.4, 0.5) is 5.69 Å². The van der Waals surface area contributed by atoms with Gasteiger partial charge in [-0.2, -0.15) is 0 Å². The zero-order valence-corrected chi connectivity index (χ0v) is 12.7. The zero-order chi connectivity index (χ0) is 15.4. The van der Waals surface area contributed by atoms with E-state index in [2.05, 4.69) is 18.7 Å². The van der Waals surface area contributed by atoms with Gasteiger partial charge in [0.05, 0.1) is 6.61 Å². The molecule has 1 aliphatic rings. The van der Waals surface area contributed by atoms with Crippen LogP contribution in [0.5, 0.6) is 5.75 Å². The summed E-state index contributed by atoms with van der Waals surface area (Å²) < 4.78 is 10.2. The number of anilines is 1. The molecule has 0 saturated carbocycles. The van der Waals surface area contributed by atoms with Gasteiger partial charge in [0.2, 0.25) is 0 Å². The van der Waals surface area contributed by atoms with Gasteiger partial charge < -0.3 is 14.4 Å². The third-order valence-corrected chi connectivity index (χ3v) is 3.67. The van der Waals surface area contributed by atoms with Crippen molar-refractivity contribution in [2.45, 2.75) is 27.2 Å². The summed E-state index contributed by atoms with van der Waals surface area (Å²) in [7, 11) is 0. The summed E-state index contributed by atoms with van der Waals surface area (Å²) in [5.41, 5.74) is 1.88. The van der Waals surface area contributed by atoms with E-state index in [1.54, 1.807) is 6.92 Å². The molecular formula is C16H21NO4. The Morgan fingerprint density at radius 3 is 2.67 bits per heavy atom.